The maximum atomic E-state index is 4.97. The first-order valence-electron chi connectivity index (χ1n) is 37.5. The van der Waals surface area contributed by atoms with Gasteiger partial charge in [-0.15, -0.1) is 0 Å². The summed E-state index contributed by atoms with van der Waals surface area (Å²) in [5, 5.41) is 14.0. The van der Waals surface area contributed by atoms with Gasteiger partial charge in [0.05, 0.1) is 5.69 Å². The van der Waals surface area contributed by atoms with Crippen molar-refractivity contribution in [2.75, 3.05) is 0 Å². The Labute approximate surface area is 656 Å². The van der Waals surface area contributed by atoms with E-state index in [1.54, 1.807) is 31.0 Å². The molecule has 0 N–H and O–H groups in total. The highest BCUT2D eigenvalue weighted by Crippen LogP contribution is 2.36. The van der Waals surface area contributed by atoms with Crippen molar-refractivity contribution >= 4 is 64.6 Å². The van der Waals surface area contributed by atoms with E-state index in [9.17, 15) is 0 Å². The van der Waals surface area contributed by atoms with Gasteiger partial charge in [0.1, 0.15) is 0 Å². The fraction of sp³-hybridized carbons (Fsp3) is 0. The van der Waals surface area contributed by atoms with E-state index in [0.29, 0.717) is 58.2 Å². The Morgan fingerprint density at radius 3 is 0.675 bits per heavy atom. The van der Waals surface area contributed by atoms with Crippen molar-refractivity contribution < 1.29 is 0 Å². The molecule has 0 bridgehead atoms. The Hall–Kier alpha value is -15.7. The average molecular weight is 1460 g/mol. The number of benzene rings is 15. The van der Waals surface area contributed by atoms with E-state index in [4.69, 9.17) is 44.9 Å². The van der Waals surface area contributed by atoms with E-state index in [0.717, 1.165) is 110 Å². The lowest BCUT2D eigenvalue weighted by molar-refractivity contribution is 1.07. The van der Waals surface area contributed by atoms with Crippen LogP contribution in [0.3, 0.4) is 0 Å². The third-order valence-electron chi connectivity index (χ3n) is 20.2. The maximum absolute atomic E-state index is 4.97. The van der Waals surface area contributed by atoms with Crippen LogP contribution in [0.15, 0.2) is 395 Å². The molecule has 0 saturated carbocycles. The summed E-state index contributed by atoms with van der Waals surface area (Å²) >= 11 is 0. The van der Waals surface area contributed by atoms with E-state index >= 15 is 0 Å². The normalized spacial score (nSPS) is 11.2. The minimum Gasteiger partial charge on any atom is -0.265 e. The van der Waals surface area contributed by atoms with Crippen molar-refractivity contribution in [1.29, 1.82) is 0 Å². The van der Waals surface area contributed by atoms with Gasteiger partial charge in [0, 0.05) is 92.2 Å². The Balaban J connectivity index is 0.000000115. The van der Waals surface area contributed by atoms with Crippen LogP contribution >= 0.6 is 0 Å². The average Bonchev–Trinajstić information content (AvgIpc) is 0.788. The lowest BCUT2D eigenvalue weighted by Crippen LogP contribution is -2.00. The van der Waals surface area contributed by atoms with Gasteiger partial charge in [0.25, 0.3) is 0 Å². The largest absolute Gasteiger partial charge is 0.265 e. The molecule has 0 aliphatic heterocycles. The van der Waals surface area contributed by atoms with Gasteiger partial charge in [0.2, 0.25) is 0 Å². The SMILES string of the molecule is c1cc(-c2ccncc2)cc(-c2nc(-c3ccc4ccccc4c3)nc(-c3ccc4ccccc4c3)n2)c1.c1ccc(-c2ccc(-c3nc(-c4ccc5ccccc5c4)nc(-c4ccc5ccccc5c4)n3)cc2)nc1.c1cnc(-c2ccc(-c3nc(-c4ccc5ccccc5c4)nc(-c4ccc5ccccc5c4)n3)cc2)nc1. The van der Waals surface area contributed by atoms with Crippen LogP contribution in [0.2, 0.25) is 0 Å². The first kappa shape index (κ1) is 68.8. The summed E-state index contributed by atoms with van der Waals surface area (Å²) in [6.07, 6.45) is 8.91. The monoisotopic (exact) mass is 1460 g/mol. The van der Waals surface area contributed by atoms with Gasteiger partial charge in [-0.25, -0.2) is 54.8 Å². The zero-order chi connectivity index (χ0) is 75.9. The zero-order valence-corrected chi connectivity index (χ0v) is 61.3. The minimum absolute atomic E-state index is 0.617. The Morgan fingerprint density at radius 2 is 0.368 bits per heavy atom. The summed E-state index contributed by atoms with van der Waals surface area (Å²) in [6.45, 7) is 0. The zero-order valence-electron chi connectivity index (χ0n) is 61.3. The van der Waals surface area contributed by atoms with Gasteiger partial charge in [-0.3, -0.25) is 9.97 Å². The number of hydrogen-bond acceptors (Lipinski definition) is 13. The van der Waals surface area contributed by atoms with Gasteiger partial charge in [-0.2, -0.15) is 0 Å². The summed E-state index contributed by atoms with van der Waals surface area (Å²) in [4.78, 5) is 61.8. The molecule has 0 saturated heterocycles. The fourth-order valence-corrected chi connectivity index (χ4v) is 14.2. The molecule has 0 unspecified atom stereocenters. The van der Waals surface area contributed by atoms with Gasteiger partial charge in [-0.05, 0) is 149 Å². The van der Waals surface area contributed by atoms with E-state index < -0.39 is 0 Å². The van der Waals surface area contributed by atoms with E-state index in [2.05, 4.69) is 275 Å². The molecule has 0 amide bonds. The lowest BCUT2D eigenvalue weighted by atomic mass is 10.0. The van der Waals surface area contributed by atoms with Crippen molar-refractivity contribution in [3.63, 3.8) is 0 Å². The Bertz CT molecular complexity index is 6530. The molecule has 114 heavy (non-hydrogen) atoms. The van der Waals surface area contributed by atoms with Crippen LogP contribution in [-0.2, 0) is 0 Å². The van der Waals surface area contributed by atoms with Crippen molar-refractivity contribution in [1.82, 2.24) is 64.8 Å². The molecule has 0 spiro atoms. The fourth-order valence-electron chi connectivity index (χ4n) is 14.2. The molecule has 13 nitrogen and oxygen atoms in total. The molecule has 21 aromatic rings. The van der Waals surface area contributed by atoms with Crippen molar-refractivity contribution in [2.45, 2.75) is 0 Å². The molecular weight excluding hydrogens is 1400 g/mol. The summed E-state index contributed by atoms with van der Waals surface area (Å²) in [6, 6.07) is 124. The molecule has 0 aliphatic carbocycles. The molecule has 0 radical (unpaired) electrons. The molecule has 13 heteroatoms. The lowest BCUT2D eigenvalue weighted by Gasteiger charge is -2.10. The van der Waals surface area contributed by atoms with Crippen molar-refractivity contribution in [3.05, 3.63) is 395 Å². The minimum atomic E-state index is 0.617. The topological polar surface area (TPSA) is 168 Å². The summed E-state index contributed by atoms with van der Waals surface area (Å²) < 4.78 is 0. The molecular formula is C101H65N13. The van der Waals surface area contributed by atoms with Crippen LogP contribution in [0.4, 0.5) is 0 Å². The van der Waals surface area contributed by atoms with Crippen LogP contribution in [0, 0.1) is 0 Å². The highest BCUT2D eigenvalue weighted by atomic mass is 15.1. The van der Waals surface area contributed by atoms with Crippen LogP contribution in [0.5, 0.6) is 0 Å². The van der Waals surface area contributed by atoms with E-state index in [-0.39, 0.29) is 0 Å². The highest BCUT2D eigenvalue weighted by molar-refractivity contribution is 5.93. The van der Waals surface area contributed by atoms with Gasteiger partial charge in [-0.1, -0.05) is 291 Å². The van der Waals surface area contributed by atoms with Gasteiger partial charge in [0.15, 0.2) is 58.2 Å². The molecule has 6 heterocycles. The first-order valence-corrected chi connectivity index (χ1v) is 37.5. The summed E-state index contributed by atoms with van der Waals surface area (Å²) in [5.41, 5.74) is 13.6. The third-order valence-corrected chi connectivity index (χ3v) is 20.2. The van der Waals surface area contributed by atoms with Crippen LogP contribution in [0.25, 0.3) is 201 Å². The van der Waals surface area contributed by atoms with Crippen LogP contribution < -0.4 is 0 Å². The predicted octanol–water partition coefficient (Wildman–Crippen LogP) is 24.1. The molecule has 0 atom stereocenters. The molecule has 0 aliphatic rings. The number of aromatic nitrogens is 13. The highest BCUT2D eigenvalue weighted by Gasteiger charge is 2.19. The number of fused-ring (bicyclic) bond motifs is 6. The van der Waals surface area contributed by atoms with Crippen molar-refractivity contribution in [2.24, 2.45) is 0 Å². The number of hydrogen-bond donors (Lipinski definition) is 0. The second-order valence-corrected chi connectivity index (χ2v) is 27.5. The van der Waals surface area contributed by atoms with Gasteiger partial charge < -0.3 is 0 Å². The predicted molar refractivity (Wildman–Crippen MR) is 461 cm³/mol. The second-order valence-electron chi connectivity index (χ2n) is 27.5. The number of pyridine rings is 2. The van der Waals surface area contributed by atoms with E-state index in [1.165, 1.54) is 32.3 Å². The Kier molecular flexibility index (Phi) is 18.8. The summed E-state index contributed by atoms with van der Waals surface area (Å²) in [5.74, 6) is 6.46. The number of nitrogens with zero attached hydrogens (tertiary/aromatic N) is 13. The maximum Gasteiger partial charge on any atom is 0.164 e. The first-order chi connectivity index (χ1) is 56.4. The second kappa shape index (κ2) is 31.1. The Morgan fingerprint density at radius 1 is 0.123 bits per heavy atom. The van der Waals surface area contributed by atoms with Gasteiger partial charge >= 0.3 is 0 Å². The molecule has 0 fully saturated rings. The quantitative estimate of drug-likeness (QED) is 0.113. The third kappa shape index (κ3) is 14.9. The summed E-state index contributed by atoms with van der Waals surface area (Å²) in [7, 11) is 0. The van der Waals surface area contributed by atoms with E-state index in [1.807, 2.05) is 109 Å². The molecule has 15 aromatic carbocycles. The molecule has 6 aromatic heterocycles. The molecule has 21 rings (SSSR count). The van der Waals surface area contributed by atoms with Crippen LogP contribution in [0.1, 0.15) is 0 Å². The number of rotatable bonds is 12. The molecule has 534 valence electrons. The van der Waals surface area contributed by atoms with Crippen molar-refractivity contribution in [3.8, 4) is 136 Å². The van der Waals surface area contributed by atoms with Crippen LogP contribution in [-0.4, -0.2) is 64.8 Å². The smallest absolute Gasteiger partial charge is 0.164 e. The standard InChI is InChI=1S/2C34H22N4.C33H21N5/c1-3-9-27-21-29(18-12-23(27)7-1)33-36-32(26-16-14-25(15-17-26)31-11-5-6-20-35-31)37-34(38-33)30-19-13-24-8-2-4-10-28(24)22-30;1-3-8-26-21-30(14-12-23(26)6-1)33-36-32(29-11-5-10-28(20-29)25-16-18-35-19-17-25)37-34(38-33)31-15-13-24-7-2-4-9-27(24)22-31;1-3-8-26-20-28(16-10-22(26)6-1)32-36-31(25-14-12-24(13-15-25)30-34-18-5-19-35-30)37-33(38-32)29-17-11-23-7-2-4-9-27(23)21-29/h2*1-22H;1-21H.